The average molecular weight is 231 g/mol. The molecule has 0 amide bonds. The van der Waals surface area contributed by atoms with Crippen LogP contribution in [0.2, 0.25) is 0 Å². The Morgan fingerprint density at radius 1 is 1.41 bits per heavy atom. The molecule has 17 heavy (non-hydrogen) atoms. The summed E-state index contributed by atoms with van der Waals surface area (Å²) in [5, 5.41) is 9.15. The summed E-state index contributed by atoms with van der Waals surface area (Å²) in [5.74, 6) is -1.57. The van der Waals surface area contributed by atoms with E-state index in [9.17, 15) is 9.59 Å². The van der Waals surface area contributed by atoms with Crippen LogP contribution in [0.1, 0.15) is 0 Å². The maximum Gasteiger partial charge on any atom is 0.337 e. The van der Waals surface area contributed by atoms with Crippen LogP contribution in [0.25, 0.3) is 0 Å². The van der Waals surface area contributed by atoms with Crippen molar-refractivity contribution in [1.82, 2.24) is 4.90 Å². The van der Waals surface area contributed by atoms with Crippen LogP contribution >= 0.6 is 0 Å². The van der Waals surface area contributed by atoms with Crippen molar-refractivity contribution in [3.63, 3.8) is 0 Å². The predicted octanol–water partition coefficient (Wildman–Crippen LogP) is 1.14. The van der Waals surface area contributed by atoms with Crippen molar-refractivity contribution in [2.24, 2.45) is 5.92 Å². The molecule has 1 unspecified atom stereocenters. The van der Waals surface area contributed by atoms with Gasteiger partial charge in [0.1, 0.15) is 0 Å². The Morgan fingerprint density at radius 3 is 2.82 bits per heavy atom. The highest BCUT2D eigenvalue weighted by molar-refractivity contribution is 5.99. The number of allylic oxidation sites excluding steroid dienone is 4. The molecule has 4 heteroatoms. The number of carboxylic acid groups (broad SMARTS) is 1. The second-order valence-electron chi connectivity index (χ2n) is 4.01. The largest absolute Gasteiger partial charge is 0.478 e. The normalized spacial score (nSPS) is 23.5. The molecule has 0 saturated carbocycles. The minimum atomic E-state index is -1.00. The van der Waals surface area contributed by atoms with E-state index in [-0.39, 0.29) is 11.4 Å². The first kappa shape index (κ1) is 11.4. The maximum atomic E-state index is 11.8. The van der Waals surface area contributed by atoms with Gasteiger partial charge in [-0.2, -0.15) is 0 Å². The van der Waals surface area contributed by atoms with Crippen LogP contribution in [0, 0.1) is 5.92 Å². The molecule has 0 aromatic rings. The second kappa shape index (κ2) is 4.41. The molecular formula is C13H13NO3. The van der Waals surface area contributed by atoms with Crippen molar-refractivity contribution in [2.75, 3.05) is 13.6 Å². The topological polar surface area (TPSA) is 57.6 Å². The van der Waals surface area contributed by atoms with E-state index < -0.39 is 11.9 Å². The van der Waals surface area contributed by atoms with Crippen LogP contribution in [0.3, 0.4) is 0 Å². The fraction of sp³-hybridized carbons (Fsp3) is 0.231. The van der Waals surface area contributed by atoms with Crippen LogP contribution in [0.5, 0.6) is 0 Å². The number of hydrogen-bond acceptors (Lipinski definition) is 3. The number of carbonyl (C=O) groups excluding carboxylic acids is 1. The first-order valence-electron chi connectivity index (χ1n) is 5.35. The minimum absolute atomic E-state index is 0.0802. The Kier molecular flexibility index (Phi) is 2.95. The van der Waals surface area contributed by atoms with Gasteiger partial charge in [0.15, 0.2) is 5.78 Å². The van der Waals surface area contributed by atoms with E-state index in [1.165, 1.54) is 6.08 Å². The lowest BCUT2D eigenvalue weighted by Gasteiger charge is -2.30. The van der Waals surface area contributed by atoms with E-state index in [1.807, 2.05) is 0 Å². The van der Waals surface area contributed by atoms with Crippen LogP contribution < -0.4 is 0 Å². The van der Waals surface area contributed by atoms with Gasteiger partial charge in [0.05, 0.1) is 11.5 Å². The van der Waals surface area contributed by atoms with Crippen molar-refractivity contribution in [3.8, 4) is 0 Å². The van der Waals surface area contributed by atoms with Gasteiger partial charge < -0.3 is 10.0 Å². The fourth-order valence-electron chi connectivity index (χ4n) is 2.05. The SMILES string of the molecule is CN1CC=CC(C(=O)O)=C1C1C=CC=CC1=O. The number of hydrogen-bond donors (Lipinski definition) is 1. The Hall–Kier alpha value is -2.10. The summed E-state index contributed by atoms with van der Waals surface area (Å²) in [5.41, 5.74) is 0.752. The highest BCUT2D eigenvalue weighted by Crippen LogP contribution is 2.27. The van der Waals surface area contributed by atoms with Crippen molar-refractivity contribution < 1.29 is 14.7 Å². The molecule has 1 aliphatic carbocycles. The molecule has 4 nitrogen and oxygen atoms in total. The number of rotatable bonds is 2. The van der Waals surface area contributed by atoms with E-state index in [2.05, 4.69) is 0 Å². The molecule has 0 bridgehead atoms. The Bertz CT molecular complexity index is 483. The zero-order valence-corrected chi connectivity index (χ0v) is 9.46. The van der Waals surface area contributed by atoms with E-state index in [0.717, 1.165) is 0 Å². The van der Waals surface area contributed by atoms with Crippen molar-refractivity contribution in [2.45, 2.75) is 0 Å². The standard InChI is InChI=1S/C13H13NO3/c1-14-8-4-6-10(13(16)17)12(14)9-5-2-3-7-11(9)15/h2-7,9H,8H2,1H3,(H,16,17). The molecule has 0 fully saturated rings. The molecule has 0 aromatic carbocycles. The molecule has 2 aliphatic rings. The second-order valence-corrected chi connectivity index (χ2v) is 4.01. The summed E-state index contributed by atoms with van der Waals surface area (Å²) in [4.78, 5) is 24.8. The minimum Gasteiger partial charge on any atom is -0.478 e. The van der Waals surface area contributed by atoms with Gasteiger partial charge in [-0.3, -0.25) is 4.79 Å². The maximum absolute atomic E-state index is 11.8. The number of aliphatic carboxylic acids is 1. The lowest BCUT2D eigenvalue weighted by molar-refractivity contribution is -0.132. The van der Waals surface area contributed by atoms with E-state index in [4.69, 9.17) is 5.11 Å². The third-order valence-electron chi connectivity index (χ3n) is 2.86. The molecule has 88 valence electrons. The Balaban J connectivity index is 2.48. The number of ketones is 1. The van der Waals surface area contributed by atoms with Gasteiger partial charge in [0.2, 0.25) is 0 Å². The molecule has 0 saturated heterocycles. The lowest BCUT2D eigenvalue weighted by atomic mass is 9.90. The highest BCUT2D eigenvalue weighted by atomic mass is 16.4. The average Bonchev–Trinajstić information content (AvgIpc) is 2.30. The number of carboxylic acids is 1. The summed E-state index contributed by atoms with van der Waals surface area (Å²) >= 11 is 0. The summed E-state index contributed by atoms with van der Waals surface area (Å²) in [6.07, 6.45) is 9.99. The zero-order chi connectivity index (χ0) is 12.4. The number of carbonyl (C=O) groups is 2. The van der Waals surface area contributed by atoms with E-state index in [1.54, 1.807) is 42.3 Å². The van der Waals surface area contributed by atoms with Crippen molar-refractivity contribution >= 4 is 11.8 Å². The van der Waals surface area contributed by atoms with Gasteiger partial charge in [-0.05, 0) is 12.2 Å². The van der Waals surface area contributed by atoms with Crippen LogP contribution in [-0.4, -0.2) is 35.4 Å². The summed E-state index contributed by atoms with van der Waals surface area (Å²) < 4.78 is 0. The quantitative estimate of drug-likeness (QED) is 0.774. The molecule has 1 N–H and O–H groups in total. The number of nitrogens with zero attached hydrogens (tertiary/aromatic N) is 1. The van der Waals surface area contributed by atoms with Gasteiger partial charge >= 0.3 is 5.97 Å². The molecule has 0 radical (unpaired) electrons. The Morgan fingerprint density at radius 2 is 2.18 bits per heavy atom. The van der Waals surface area contributed by atoms with Crippen LogP contribution in [-0.2, 0) is 9.59 Å². The van der Waals surface area contributed by atoms with Gasteiger partial charge in [-0.1, -0.05) is 24.3 Å². The smallest absolute Gasteiger partial charge is 0.337 e. The van der Waals surface area contributed by atoms with Gasteiger partial charge in [0, 0.05) is 19.3 Å². The molecule has 0 spiro atoms. The zero-order valence-electron chi connectivity index (χ0n) is 9.46. The molecule has 0 aromatic heterocycles. The third-order valence-corrected chi connectivity index (χ3v) is 2.86. The van der Waals surface area contributed by atoms with Gasteiger partial charge in [0.25, 0.3) is 0 Å². The summed E-state index contributed by atoms with van der Waals surface area (Å²) in [6, 6.07) is 0. The van der Waals surface area contributed by atoms with Crippen molar-refractivity contribution in [3.05, 3.63) is 47.7 Å². The van der Waals surface area contributed by atoms with E-state index >= 15 is 0 Å². The van der Waals surface area contributed by atoms with Crippen LogP contribution in [0.4, 0.5) is 0 Å². The van der Waals surface area contributed by atoms with Gasteiger partial charge in [-0.25, -0.2) is 4.79 Å². The number of likely N-dealkylation sites (N-methyl/N-ethyl adjacent to an activating group) is 1. The van der Waals surface area contributed by atoms with Crippen molar-refractivity contribution in [1.29, 1.82) is 0 Å². The van der Waals surface area contributed by atoms with Gasteiger partial charge in [-0.15, -0.1) is 0 Å². The summed E-state index contributed by atoms with van der Waals surface area (Å²) in [6.45, 7) is 0.618. The molecule has 1 atom stereocenters. The molecule has 1 aliphatic heterocycles. The predicted molar refractivity (Wildman–Crippen MR) is 63.2 cm³/mol. The monoisotopic (exact) mass is 231 g/mol. The lowest BCUT2D eigenvalue weighted by Crippen LogP contribution is -2.32. The molecule has 2 rings (SSSR count). The van der Waals surface area contributed by atoms with E-state index in [0.29, 0.717) is 12.2 Å². The summed E-state index contributed by atoms with van der Waals surface area (Å²) in [7, 11) is 1.79. The first-order valence-corrected chi connectivity index (χ1v) is 5.35. The third kappa shape index (κ3) is 2.06. The highest BCUT2D eigenvalue weighted by Gasteiger charge is 2.28. The van der Waals surface area contributed by atoms with Crippen LogP contribution in [0.15, 0.2) is 47.7 Å². The Labute approximate surface area is 99.2 Å². The molecule has 1 heterocycles. The first-order chi connectivity index (χ1) is 8.11. The molecular weight excluding hydrogens is 218 g/mol. The fourth-order valence-corrected chi connectivity index (χ4v) is 2.05.